The average Bonchev–Trinajstić information content (AvgIpc) is 2.04. The summed E-state index contributed by atoms with van der Waals surface area (Å²) >= 11 is 0. The van der Waals surface area contributed by atoms with E-state index in [1.165, 1.54) is 6.42 Å². The lowest BCUT2D eigenvalue weighted by atomic mass is 9.80. The lowest BCUT2D eigenvalue weighted by Gasteiger charge is -2.40. The fourth-order valence-corrected chi connectivity index (χ4v) is 1.49. The van der Waals surface area contributed by atoms with Crippen LogP contribution in [0.2, 0.25) is 0 Å². The zero-order valence-corrected chi connectivity index (χ0v) is 8.35. The van der Waals surface area contributed by atoms with Gasteiger partial charge in [-0.1, -0.05) is 0 Å². The molecule has 1 fully saturated rings. The number of ether oxygens (including phenoxy) is 1. The smallest absolute Gasteiger partial charge is 0.314 e. The first-order valence-corrected chi connectivity index (χ1v) is 4.79. The predicted octanol–water partition coefficient (Wildman–Crippen LogP) is 0.875. The molecular weight excluding hydrogens is 168 g/mol. The maximum Gasteiger partial charge on any atom is 0.314 e. The number of hydrogen-bond donors (Lipinski definition) is 2. The Bertz CT molecular complexity index is 173. The van der Waals surface area contributed by atoms with E-state index in [9.17, 15) is 4.79 Å². The molecule has 2 N–H and O–H groups in total. The zero-order chi connectivity index (χ0) is 9.73. The number of nitrogens with one attached hydrogen (secondary N) is 2. The van der Waals surface area contributed by atoms with Crippen molar-refractivity contribution in [2.24, 2.45) is 0 Å². The minimum absolute atomic E-state index is 0.0783. The molecule has 0 saturated heterocycles. The van der Waals surface area contributed by atoms with Crippen LogP contribution in [0.4, 0.5) is 4.79 Å². The largest absolute Gasteiger partial charge is 0.376 e. The minimum atomic E-state index is -0.106. The van der Waals surface area contributed by atoms with Crippen LogP contribution < -0.4 is 10.6 Å². The van der Waals surface area contributed by atoms with E-state index in [1.807, 2.05) is 6.92 Å². The second-order valence-corrected chi connectivity index (χ2v) is 3.45. The Hall–Kier alpha value is -0.770. The van der Waals surface area contributed by atoms with Crippen molar-refractivity contribution in [3.63, 3.8) is 0 Å². The molecule has 0 spiro atoms. The topological polar surface area (TPSA) is 50.4 Å². The molecule has 0 radical (unpaired) electrons. The van der Waals surface area contributed by atoms with Crippen LogP contribution >= 0.6 is 0 Å². The lowest BCUT2D eigenvalue weighted by molar-refractivity contribution is -0.0673. The molecule has 1 aliphatic rings. The van der Waals surface area contributed by atoms with E-state index in [-0.39, 0.29) is 11.6 Å². The molecule has 0 heterocycles. The van der Waals surface area contributed by atoms with Gasteiger partial charge in [-0.3, -0.25) is 0 Å². The van der Waals surface area contributed by atoms with Crippen LogP contribution in [0.3, 0.4) is 0 Å². The van der Waals surface area contributed by atoms with Crippen molar-refractivity contribution >= 4 is 6.03 Å². The highest BCUT2D eigenvalue weighted by Crippen LogP contribution is 2.34. The number of carbonyl (C=O) groups is 1. The predicted molar refractivity (Wildman–Crippen MR) is 50.7 cm³/mol. The van der Waals surface area contributed by atoms with Gasteiger partial charge < -0.3 is 15.4 Å². The summed E-state index contributed by atoms with van der Waals surface area (Å²) in [6.07, 6.45) is 3.30. The van der Waals surface area contributed by atoms with Crippen molar-refractivity contribution in [2.75, 3.05) is 20.2 Å². The molecule has 0 unspecified atom stereocenters. The zero-order valence-electron chi connectivity index (χ0n) is 8.35. The van der Waals surface area contributed by atoms with Gasteiger partial charge in [0, 0.05) is 20.2 Å². The summed E-state index contributed by atoms with van der Waals surface area (Å²) in [5, 5.41) is 5.49. The van der Waals surface area contributed by atoms with Crippen LogP contribution in [-0.2, 0) is 4.74 Å². The first kappa shape index (κ1) is 10.3. The van der Waals surface area contributed by atoms with Gasteiger partial charge in [-0.05, 0) is 26.2 Å². The molecule has 0 aromatic carbocycles. The molecule has 1 saturated carbocycles. The molecule has 0 aliphatic heterocycles. The highest BCUT2D eigenvalue weighted by molar-refractivity contribution is 5.73. The van der Waals surface area contributed by atoms with Crippen LogP contribution in [0.1, 0.15) is 26.2 Å². The summed E-state index contributed by atoms with van der Waals surface area (Å²) in [6.45, 7) is 3.18. The van der Waals surface area contributed by atoms with E-state index >= 15 is 0 Å². The Kier molecular flexibility index (Phi) is 3.54. The van der Waals surface area contributed by atoms with Crippen LogP contribution in [0.25, 0.3) is 0 Å². The number of urea groups is 1. The fourth-order valence-electron chi connectivity index (χ4n) is 1.49. The molecule has 1 rings (SSSR count). The SMILES string of the molecule is CCNC(=O)NCC1(OC)CCC1. The maximum atomic E-state index is 11.1. The standard InChI is InChI=1S/C9H18N2O2/c1-3-10-8(12)11-7-9(13-2)5-4-6-9/h3-7H2,1-2H3,(H2,10,11,12). The van der Waals surface area contributed by atoms with Gasteiger partial charge in [0.2, 0.25) is 0 Å². The summed E-state index contributed by atoms with van der Waals surface area (Å²) in [5.41, 5.74) is -0.0783. The maximum absolute atomic E-state index is 11.1. The van der Waals surface area contributed by atoms with Crippen molar-refractivity contribution in [3.8, 4) is 0 Å². The minimum Gasteiger partial charge on any atom is -0.376 e. The summed E-state index contributed by atoms with van der Waals surface area (Å²) in [6, 6.07) is -0.106. The van der Waals surface area contributed by atoms with E-state index < -0.39 is 0 Å². The molecule has 13 heavy (non-hydrogen) atoms. The highest BCUT2D eigenvalue weighted by atomic mass is 16.5. The third kappa shape index (κ3) is 2.59. The van der Waals surface area contributed by atoms with Crippen molar-refractivity contribution in [1.82, 2.24) is 10.6 Å². The number of methoxy groups -OCH3 is 1. The van der Waals surface area contributed by atoms with Gasteiger partial charge in [-0.25, -0.2) is 4.79 Å². The molecule has 0 aromatic rings. The molecule has 0 aromatic heterocycles. The van der Waals surface area contributed by atoms with Gasteiger partial charge in [0.15, 0.2) is 0 Å². The second-order valence-electron chi connectivity index (χ2n) is 3.45. The molecule has 1 aliphatic carbocycles. The Balaban J connectivity index is 2.20. The van der Waals surface area contributed by atoms with Crippen LogP contribution in [-0.4, -0.2) is 31.8 Å². The fraction of sp³-hybridized carbons (Fsp3) is 0.889. The van der Waals surface area contributed by atoms with Gasteiger partial charge in [0.25, 0.3) is 0 Å². The molecule has 76 valence electrons. The average molecular weight is 186 g/mol. The van der Waals surface area contributed by atoms with Crippen LogP contribution in [0, 0.1) is 0 Å². The van der Waals surface area contributed by atoms with Gasteiger partial charge in [0.05, 0.1) is 5.60 Å². The number of amides is 2. The highest BCUT2D eigenvalue weighted by Gasteiger charge is 2.37. The van der Waals surface area contributed by atoms with Crippen molar-refractivity contribution in [3.05, 3.63) is 0 Å². The van der Waals surface area contributed by atoms with Crippen LogP contribution in [0.5, 0.6) is 0 Å². The summed E-state index contributed by atoms with van der Waals surface area (Å²) in [7, 11) is 1.71. The van der Waals surface area contributed by atoms with Crippen molar-refractivity contribution in [1.29, 1.82) is 0 Å². The molecule has 4 heteroatoms. The summed E-state index contributed by atoms with van der Waals surface area (Å²) in [5.74, 6) is 0. The third-order valence-electron chi connectivity index (χ3n) is 2.61. The van der Waals surface area contributed by atoms with Crippen molar-refractivity contribution in [2.45, 2.75) is 31.8 Å². The third-order valence-corrected chi connectivity index (χ3v) is 2.61. The number of hydrogen-bond acceptors (Lipinski definition) is 2. The normalized spacial score (nSPS) is 18.9. The molecule has 2 amide bonds. The molecule has 0 bridgehead atoms. The molecule has 0 atom stereocenters. The Morgan fingerprint density at radius 2 is 2.15 bits per heavy atom. The van der Waals surface area contributed by atoms with Gasteiger partial charge >= 0.3 is 6.03 Å². The number of rotatable bonds is 4. The monoisotopic (exact) mass is 186 g/mol. The Labute approximate surface area is 79.0 Å². The molecular formula is C9H18N2O2. The van der Waals surface area contributed by atoms with E-state index in [1.54, 1.807) is 7.11 Å². The summed E-state index contributed by atoms with van der Waals surface area (Å²) < 4.78 is 5.36. The first-order chi connectivity index (χ1) is 6.22. The first-order valence-electron chi connectivity index (χ1n) is 4.79. The molecule has 4 nitrogen and oxygen atoms in total. The quantitative estimate of drug-likeness (QED) is 0.684. The van der Waals surface area contributed by atoms with E-state index in [0.717, 1.165) is 12.8 Å². The lowest BCUT2D eigenvalue weighted by Crippen LogP contribution is -2.51. The van der Waals surface area contributed by atoms with Crippen LogP contribution in [0.15, 0.2) is 0 Å². The van der Waals surface area contributed by atoms with E-state index in [2.05, 4.69) is 10.6 Å². The summed E-state index contributed by atoms with van der Waals surface area (Å²) in [4.78, 5) is 11.1. The Morgan fingerprint density at radius 1 is 1.46 bits per heavy atom. The Morgan fingerprint density at radius 3 is 2.54 bits per heavy atom. The number of carbonyl (C=O) groups excluding carboxylic acids is 1. The van der Waals surface area contributed by atoms with E-state index in [4.69, 9.17) is 4.74 Å². The van der Waals surface area contributed by atoms with Gasteiger partial charge in [0.1, 0.15) is 0 Å². The van der Waals surface area contributed by atoms with Crippen molar-refractivity contribution < 1.29 is 9.53 Å². The van der Waals surface area contributed by atoms with Gasteiger partial charge in [-0.15, -0.1) is 0 Å². The van der Waals surface area contributed by atoms with Gasteiger partial charge in [-0.2, -0.15) is 0 Å². The second kappa shape index (κ2) is 4.46. The van der Waals surface area contributed by atoms with E-state index in [0.29, 0.717) is 13.1 Å².